The lowest BCUT2D eigenvalue weighted by molar-refractivity contribution is -0.122. The molecule has 1 amide bonds. The van der Waals surface area contributed by atoms with Crippen molar-refractivity contribution in [2.24, 2.45) is 5.10 Å². The summed E-state index contributed by atoms with van der Waals surface area (Å²) in [6.07, 6.45) is 7.93. The summed E-state index contributed by atoms with van der Waals surface area (Å²) in [5, 5.41) is 4.02. The summed E-state index contributed by atoms with van der Waals surface area (Å²) in [5.74, 6) is -0.0400. The predicted octanol–water partition coefficient (Wildman–Crippen LogP) is 3.17. The molecule has 4 nitrogen and oxygen atoms in total. The van der Waals surface area contributed by atoms with Gasteiger partial charge in [-0.3, -0.25) is 9.69 Å². The second kappa shape index (κ2) is 8.95. The third kappa shape index (κ3) is 6.40. The number of nitrogens with zero attached hydrogens (tertiary/aromatic N) is 2. The van der Waals surface area contributed by atoms with Gasteiger partial charge in [-0.2, -0.15) is 5.10 Å². The highest BCUT2D eigenvalue weighted by Crippen LogP contribution is 2.10. The SMILES string of the molecule is O=C(CN1CCCCCCC1)N/N=C\c1cccc(Br)c1. The molecular weight excluding hydrogens is 330 g/mol. The number of amides is 1. The van der Waals surface area contributed by atoms with Gasteiger partial charge in [0.15, 0.2) is 0 Å². The van der Waals surface area contributed by atoms with Crippen molar-refractivity contribution in [3.8, 4) is 0 Å². The smallest absolute Gasteiger partial charge is 0.254 e. The molecule has 0 saturated carbocycles. The summed E-state index contributed by atoms with van der Waals surface area (Å²) in [5.41, 5.74) is 3.56. The molecule has 1 aromatic carbocycles. The molecule has 2 rings (SSSR count). The minimum atomic E-state index is -0.0400. The van der Waals surface area contributed by atoms with Crippen LogP contribution in [0.3, 0.4) is 0 Å². The zero-order chi connectivity index (χ0) is 14.9. The molecular formula is C16H22BrN3O. The van der Waals surface area contributed by atoms with Crippen LogP contribution in [0.1, 0.15) is 37.7 Å². The van der Waals surface area contributed by atoms with Gasteiger partial charge in [0.2, 0.25) is 0 Å². The molecule has 0 radical (unpaired) electrons. The lowest BCUT2D eigenvalue weighted by Crippen LogP contribution is -2.37. The van der Waals surface area contributed by atoms with Crippen LogP contribution in [0.5, 0.6) is 0 Å². The van der Waals surface area contributed by atoms with E-state index in [9.17, 15) is 4.79 Å². The topological polar surface area (TPSA) is 44.7 Å². The molecule has 0 spiro atoms. The molecule has 1 aliphatic heterocycles. The Hall–Kier alpha value is -1.20. The van der Waals surface area contributed by atoms with Gasteiger partial charge in [-0.25, -0.2) is 5.43 Å². The average Bonchev–Trinajstić information content (AvgIpc) is 2.42. The molecule has 1 aliphatic rings. The second-order valence-corrected chi connectivity index (χ2v) is 6.31. The average molecular weight is 352 g/mol. The van der Waals surface area contributed by atoms with E-state index < -0.39 is 0 Å². The summed E-state index contributed by atoms with van der Waals surface area (Å²) in [6, 6.07) is 7.79. The summed E-state index contributed by atoms with van der Waals surface area (Å²) in [4.78, 5) is 14.1. The number of rotatable bonds is 4. The number of nitrogens with one attached hydrogen (secondary N) is 1. The van der Waals surface area contributed by atoms with Crippen LogP contribution in [0.15, 0.2) is 33.8 Å². The number of halogens is 1. The maximum atomic E-state index is 11.9. The Balaban J connectivity index is 1.76. The Morgan fingerprint density at radius 1 is 1.24 bits per heavy atom. The van der Waals surface area contributed by atoms with Crippen molar-refractivity contribution in [3.05, 3.63) is 34.3 Å². The third-order valence-corrected chi connectivity index (χ3v) is 4.06. The zero-order valence-electron chi connectivity index (χ0n) is 12.2. The zero-order valence-corrected chi connectivity index (χ0v) is 13.8. The van der Waals surface area contributed by atoms with Gasteiger partial charge in [0.25, 0.3) is 5.91 Å². The lowest BCUT2D eigenvalue weighted by atomic mass is 10.1. The monoisotopic (exact) mass is 351 g/mol. The fraction of sp³-hybridized carbons (Fsp3) is 0.500. The molecule has 1 fully saturated rings. The molecule has 0 atom stereocenters. The van der Waals surface area contributed by atoms with Gasteiger partial charge in [0, 0.05) is 4.47 Å². The van der Waals surface area contributed by atoms with Crippen LogP contribution in [0.2, 0.25) is 0 Å². The minimum Gasteiger partial charge on any atom is -0.294 e. The van der Waals surface area contributed by atoms with Crippen molar-refractivity contribution in [2.45, 2.75) is 32.1 Å². The molecule has 1 saturated heterocycles. The number of hydrogen-bond donors (Lipinski definition) is 1. The molecule has 0 unspecified atom stereocenters. The van der Waals surface area contributed by atoms with E-state index in [1.165, 1.54) is 32.1 Å². The summed E-state index contributed by atoms with van der Waals surface area (Å²) in [7, 11) is 0. The minimum absolute atomic E-state index is 0.0400. The van der Waals surface area contributed by atoms with E-state index in [1.807, 2.05) is 24.3 Å². The maximum Gasteiger partial charge on any atom is 0.254 e. The molecule has 0 aromatic heterocycles. The first-order valence-electron chi connectivity index (χ1n) is 7.54. The number of likely N-dealkylation sites (tertiary alicyclic amines) is 1. The first-order valence-corrected chi connectivity index (χ1v) is 8.33. The Bertz CT molecular complexity index is 482. The number of carbonyl (C=O) groups is 1. The van der Waals surface area contributed by atoms with E-state index in [4.69, 9.17) is 0 Å². The van der Waals surface area contributed by atoms with Gasteiger partial charge in [0.05, 0.1) is 12.8 Å². The second-order valence-electron chi connectivity index (χ2n) is 5.39. The van der Waals surface area contributed by atoms with Gasteiger partial charge >= 0.3 is 0 Å². The van der Waals surface area contributed by atoms with E-state index in [0.717, 1.165) is 23.1 Å². The lowest BCUT2D eigenvalue weighted by Gasteiger charge is -2.23. The molecule has 21 heavy (non-hydrogen) atoms. The molecule has 1 heterocycles. The van der Waals surface area contributed by atoms with E-state index in [0.29, 0.717) is 6.54 Å². The van der Waals surface area contributed by atoms with Crippen LogP contribution >= 0.6 is 15.9 Å². The Morgan fingerprint density at radius 2 is 1.95 bits per heavy atom. The van der Waals surface area contributed by atoms with Crippen molar-refractivity contribution < 1.29 is 4.79 Å². The number of benzene rings is 1. The highest BCUT2D eigenvalue weighted by atomic mass is 79.9. The Labute approximate surface area is 134 Å². The van der Waals surface area contributed by atoms with Gasteiger partial charge in [0.1, 0.15) is 0 Å². The van der Waals surface area contributed by atoms with E-state index in [1.54, 1.807) is 6.21 Å². The number of carbonyl (C=O) groups excluding carboxylic acids is 1. The van der Waals surface area contributed by atoms with E-state index in [-0.39, 0.29) is 5.91 Å². The Kier molecular flexibility index (Phi) is 6.89. The standard InChI is InChI=1S/C16H22BrN3O/c17-15-8-6-7-14(11-15)12-18-19-16(21)13-20-9-4-2-1-3-5-10-20/h6-8,11-12H,1-5,9-10,13H2,(H,19,21)/b18-12-. The summed E-state index contributed by atoms with van der Waals surface area (Å²) >= 11 is 3.41. The van der Waals surface area contributed by atoms with E-state index >= 15 is 0 Å². The molecule has 1 aromatic rings. The van der Waals surface area contributed by atoms with Crippen molar-refractivity contribution in [1.29, 1.82) is 0 Å². The highest BCUT2D eigenvalue weighted by molar-refractivity contribution is 9.10. The first-order chi connectivity index (χ1) is 10.2. The predicted molar refractivity (Wildman–Crippen MR) is 89.4 cm³/mol. The van der Waals surface area contributed by atoms with Crippen molar-refractivity contribution in [1.82, 2.24) is 10.3 Å². The number of hydrazone groups is 1. The normalized spacial score (nSPS) is 17.4. The quantitative estimate of drug-likeness (QED) is 0.668. The molecule has 0 bridgehead atoms. The van der Waals surface area contributed by atoms with E-state index in [2.05, 4.69) is 31.4 Å². The van der Waals surface area contributed by atoms with Crippen LogP contribution in [0, 0.1) is 0 Å². The van der Waals surface area contributed by atoms with Crippen molar-refractivity contribution in [2.75, 3.05) is 19.6 Å². The van der Waals surface area contributed by atoms with Gasteiger partial charge < -0.3 is 0 Å². The summed E-state index contributed by atoms with van der Waals surface area (Å²) in [6.45, 7) is 2.47. The van der Waals surface area contributed by atoms with Crippen LogP contribution in [-0.4, -0.2) is 36.7 Å². The highest BCUT2D eigenvalue weighted by Gasteiger charge is 2.11. The third-order valence-electron chi connectivity index (χ3n) is 3.57. The van der Waals surface area contributed by atoms with Crippen LogP contribution in [-0.2, 0) is 4.79 Å². The largest absolute Gasteiger partial charge is 0.294 e. The number of hydrogen-bond acceptors (Lipinski definition) is 3. The van der Waals surface area contributed by atoms with Crippen molar-refractivity contribution in [3.63, 3.8) is 0 Å². The molecule has 1 N–H and O–H groups in total. The van der Waals surface area contributed by atoms with Crippen LogP contribution in [0.25, 0.3) is 0 Å². The molecule has 114 valence electrons. The fourth-order valence-electron chi connectivity index (χ4n) is 2.48. The summed E-state index contributed by atoms with van der Waals surface area (Å²) < 4.78 is 0.999. The Morgan fingerprint density at radius 3 is 2.67 bits per heavy atom. The van der Waals surface area contributed by atoms with Gasteiger partial charge in [-0.15, -0.1) is 0 Å². The van der Waals surface area contributed by atoms with Crippen LogP contribution in [0.4, 0.5) is 0 Å². The maximum absolute atomic E-state index is 11.9. The first kappa shape index (κ1) is 16.2. The molecule has 0 aliphatic carbocycles. The molecule has 5 heteroatoms. The van der Waals surface area contributed by atoms with Gasteiger partial charge in [-0.05, 0) is 43.6 Å². The van der Waals surface area contributed by atoms with Crippen LogP contribution < -0.4 is 5.43 Å². The van der Waals surface area contributed by atoms with Gasteiger partial charge in [-0.1, -0.05) is 47.3 Å². The fourth-order valence-corrected chi connectivity index (χ4v) is 2.89. The van der Waals surface area contributed by atoms with Crippen molar-refractivity contribution >= 4 is 28.1 Å².